The first-order valence-corrected chi connectivity index (χ1v) is 14.2. The van der Waals surface area contributed by atoms with Crippen molar-refractivity contribution in [3.8, 4) is 21.7 Å². The second kappa shape index (κ2) is 11.8. The van der Waals surface area contributed by atoms with E-state index in [0.29, 0.717) is 0 Å². The van der Waals surface area contributed by atoms with Gasteiger partial charge in [-0.2, -0.15) is 5.70 Å². The summed E-state index contributed by atoms with van der Waals surface area (Å²) in [5.41, 5.74) is 9.30. The molecule has 5 heteroatoms. The molecule has 6 rings (SSSR count). The topological polar surface area (TPSA) is 44.1 Å². The van der Waals surface area contributed by atoms with E-state index in [0.717, 1.165) is 22.5 Å². The minimum Gasteiger partial charge on any atom is -0.686 e. The Hall–Kier alpha value is -3.11. The van der Waals surface area contributed by atoms with Gasteiger partial charge in [0.1, 0.15) is 0 Å². The third kappa shape index (κ3) is 5.69. The number of thiophene rings is 1. The Bertz CT molecular complexity index is 1750. The summed E-state index contributed by atoms with van der Waals surface area (Å²) in [6.45, 7) is 14.1. The number of allylic oxidation sites excluding steroid dienone is 2. The van der Waals surface area contributed by atoms with E-state index >= 15 is 0 Å². The molecule has 0 atom stereocenters. The summed E-state index contributed by atoms with van der Waals surface area (Å²) in [5.74, 6) is 0.0573. The van der Waals surface area contributed by atoms with Crippen molar-refractivity contribution in [3.63, 3.8) is 0 Å². The van der Waals surface area contributed by atoms with Crippen molar-refractivity contribution < 1.29 is 24.9 Å². The fourth-order valence-electron chi connectivity index (χ4n) is 5.64. The zero-order chi connectivity index (χ0) is 27.9. The Morgan fingerprint density at radius 3 is 2.50 bits per heavy atom. The zero-order valence-electron chi connectivity index (χ0n) is 24.0. The van der Waals surface area contributed by atoms with Gasteiger partial charge in [-0.25, -0.2) is 0 Å². The van der Waals surface area contributed by atoms with E-state index in [2.05, 4.69) is 98.9 Å². The molecule has 1 radical (unpaired) electrons. The van der Waals surface area contributed by atoms with Crippen LogP contribution in [0.5, 0.6) is 0 Å². The molecule has 3 nitrogen and oxygen atoms in total. The van der Waals surface area contributed by atoms with Gasteiger partial charge in [0.05, 0.1) is 5.52 Å². The van der Waals surface area contributed by atoms with Gasteiger partial charge in [0.25, 0.3) is 0 Å². The number of fused-ring (bicyclic) bond motifs is 6. The van der Waals surface area contributed by atoms with Gasteiger partial charge < -0.3 is 5.32 Å². The normalized spacial score (nSPS) is 13.3. The molecule has 0 amide bonds. The van der Waals surface area contributed by atoms with Crippen LogP contribution >= 0.6 is 11.3 Å². The number of carbonyl (C=O) groups excluding carboxylic acids is 1. The molecule has 0 saturated carbocycles. The summed E-state index contributed by atoms with van der Waals surface area (Å²) in [6.07, 6.45) is 1.54. The minimum atomic E-state index is -0.0821. The summed E-state index contributed by atoms with van der Waals surface area (Å²) in [5, 5.41) is 6.72. The van der Waals surface area contributed by atoms with E-state index in [1.165, 1.54) is 49.5 Å². The summed E-state index contributed by atoms with van der Waals surface area (Å²) >= 11 is 1.91. The molecule has 40 heavy (non-hydrogen) atoms. The number of pyridine rings is 1. The number of rotatable bonds is 4. The molecule has 207 valence electrons. The molecule has 0 aliphatic heterocycles. The van der Waals surface area contributed by atoms with Crippen LogP contribution in [0.4, 0.5) is 0 Å². The van der Waals surface area contributed by atoms with Crippen molar-refractivity contribution in [1.29, 1.82) is 0 Å². The first kappa shape index (κ1) is 29.9. The van der Waals surface area contributed by atoms with Crippen LogP contribution in [0.15, 0.2) is 78.5 Å². The van der Waals surface area contributed by atoms with Crippen LogP contribution < -0.4 is 0 Å². The van der Waals surface area contributed by atoms with Crippen LogP contribution in [0.3, 0.4) is 0 Å². The van der Waals surface area contributed by atoms with E-state index in [4.69, 9.17) is 4.98 Å². The second-order valence-electron chi connectivity index (χ2n) is 11.1. The molecule has 1 aliphatic carbocycles. The molecule has 0 fully saturated rings. The number of benzene rings is 3. The number of nitrogens with zero attached hydrogens (tertiary/aromatic N) is 2. The zero-order valence-corrected chi connectivity index (χ0v) is 27.3. The Labute approximate surface area is 255 Å². The number of hydrogen-bond acceptors (Lipinski definition) is 3. The first-order valence-electron chi connectivity index (χ1n) is 13.4. The summed E-state index contributed by atoms with van der Waals surface area (Å²) in [7, 11) is 0. The molecule has 5 aromatic rings. The third-order valence-electron chi connectivity index (χ3n) is 7.06. The van der Waals surface area contributed by atoms with Crippen LogP contribution in [0.25, 0.3) is 48.0 Å². The van der Waals surface area contributed by atoms with E-state index in [1.807, 2.05) is 32.1 Å². The van der Waals surface area contributed by atoms with Crippen molar-refractivity contribution in [1.82, 2.24) is 4.98 Å². The van der Waals surface area contributed by atoms with Crippen molar-refractivity contribution >= 4 is 38.1 Å². The average molecular weight is 723 g/mol. The van der Waals surface area contributed by atoms with Gasteiger partial charge in [0.15, 0.2) is 5.78 Å². The molecule has 1 aliphatic rings. The van der Waals surface area contributed by atoms with Crippen molar-refractivity contribution in [3.05, 3.63) is 107 Å². The maximum atomic E-state index is 10.5. The number of carbonyl (C=O) groups is 1. The summed E-state index contributed by atoms with van der Waals surface area (Å²) < 4.78 is 1.37. The molecule has 2 heterocycles. The quantitative estimate of drug-likeness (QED) is 0.137. The van der Waals surface area contributed by atoms with E-state index in [1.54, 1.807) is 6.08 Å². The Kier molecular flexibility index (Phi) is 8.80. The fourth-order valence-corrected chi connectivity index (χ4v) is 7.04. The van der Waals surface area contributed by atoms with Crippen LogP contribution in [-0.4, -0.2) is 16.8 Å². The van der Waals surface area contributed by atoms with Gasteiger partial charge in [-0.15, -0.1) is 46.7 Å². The molecule has 0 saturated heterocycles. The smallest absolute Gasteiger partial charge is 0.151 e. The van der Waals surface area contributed by atoms with Crippen LogP contribution in [0.2, 0.25) is 0 Å². The van der Waals surface area contributed by atoms with Crippen molar-refractivity contribution in [2.75, 3.05) is 0 Å². The Morgan fingerprint density at radius 1 is 1.02 bits per heavy atom. The van der Waals surface area contributed by atoms with E-state index in [-0.39, 0.29) is 37.3 Å². The Morgan fingerprint density at radius 2 is 1.77 bits per heavy atom. The van der Waals surface area contributed by atoms with Gasteiger partial charge in [-0.1, -0.05) is 82.1 Å². The number of ketones is 1. The van der Waals surface area contributed by atoms with Gasteiger partial charge >= 0.3 is 0 Å². The molecule has 3 aromatic carbocycles. The maximum Gasteiger partial charge on any atom is 0.151 e. The minimum absolute atomic E-state index is 0. The van der Waals surface area contributed by atoms with E-state index in [9.17, 15) is 4.79 Å². The predicted molar refractivity (Wildman–Crippen MR) is 167 cm³/mol. The van der Waals surface area contributed by atoms with Gasteiger partial charge in [0.2, 0.25) is 0 Å². The maximum absolute atomic E-state index is 10.5. The SMILES string of the molecule is CC(=O)/C=C(/C)[N-]C(C)C.Cc1ccc2nc(-c3[c-]ccc4c3C(C)(C)c3c-4sc4ccccc34)ccc2c1.[Ir]. The van der Waals surface area contributed by atoms with E-state index < -0.39 is 0 Å². The summed E-state index contributed by atoms with van der Waals surface area (Å²) in [6, 6.07) is 27.6. The first-order chi connectivity index (χ1) is 18.6. The Balaban J connectivity index is 0.000000292. The molecular formula is C35H34IrN2OS-2. The molecule has 2 aromatic heterocycles. The molecule has 0 spiro atoms. The van der Waals surface area contributed by atoms with Crippen LogP contribution in [0, 0.1) is 13.0 Å². The van der Waals surface area contributed by atoms with Gasteiger partial charge in [-0.3, -0.25) is 9.78 Å². The van der Waals surface area contributed by atoms with Gasteiger partial charge in [0, 0.05) is 29.7 Å². The monoisotopic (exact) mass is 723 g/mol. The fraction of sp³-hybridized carbons (Fsp3) is 0.257. The molecule has 0 bridgehead atoms. The number of aryl methyl sites for hydroxylation is 1. The number of aromatic nitrogens is 1. The average Bonchev–Trinajstić information content (AvgIpc) is 3.37. The standard InChI is InChI=1S/C27H20NS.C8H15NO.Ir/c1-16-11-13-21-17(15-16)12-14-22(28-21)18-8-6-9-20-24(18)27(2,3)25-19-7-4-5-10-23(19)29-26(20)25;1-6(2)9-7(3)5-8(4)10;/h4-7,9-15H,1-3H3;5-6H,1-4H3,(H,9,10);/q-1;;/p-1. The second-order valence-corrected chi connectivity index (χ2v) is 12.1. The number of hydrogen-bond donors (Lipinski definition) is 0. The largest absolute Gasteiger partial charge is 0.686 e. The molecule has 0 N–H and O–H groups in total. The molecular weight excluding hydrogens is 689 g/mol. The van der Waals surface area contributed by atoms with Gasteiger partial charge in [-0.05, 0) is 65.6 Å². The van der Waals surface area contributed by atoms with Crippen LogP contribution in [0.1, 0.15) is 58.2 Å². The van der Waals surface area contributed by atoms with Crippen molar-refractivity contribution in [2.24, 2.45) is 0 Å². The predicted octanol–water partition coefficient (Wildman–Crippen LogP) is 9.79. The van der Waals surface area contributed by atoms with Crippen molar-refractivity contribution in [2.45, 2.75) is 59.9 Å². The third-order valence-corrected chi connectivity index (χ3v) is 8.27. The molecule has 0 unspecified atom stereocenters. The summed E-state index contributed by atoms with van der Waals surface area (Å²) in [4.78, 5) is 16.9. The van der Waals surface area contributed by atoms with Crippen LogP contribution in [-0.2, 0) is 30.3 Å².